The lowest BCUT2D eigenvalue weighted by Gasteiger charge is -2.29. The van der Waals surface area contributed by atoms with E-state index in [0.717, 1.165) is 0 Å². The first-order chi connectivity index (χ1) is 9.24. The van der Waals surface area contributed by atoms with Crippen molar-refractivity contribution in [2.45, 2.75) is 71.4 Å². The number of allylic oxidation sites excluding steroid dienone is 3. The van der Waals surface area contributed by atoms with Crippen LogP contribution in [0.25, 0.3) is 0 Å². The average molecular weight is 261 g/mol. The normalized spacial score (nSPS) is 24.4. The lowest BCUT2D eigenvalue weighted by Crippen LogP contribution is -2.36. The Morgan fingerprint density at radius 3 is 2.79 bits per heavy atom. The van der Waals surface area contributed by atoms with Crippen LogP contribution in [0.3, 0.4) is 0 Å². The van der Waals surface area contributed by atoms with Crippen molar-refractivity contribution in [3.05, 3.63) is 36.5 Å². The van der Waals surface area contributed by atoms with Gasteiger partial charge in [0, 0.05) is 18.6 Å². The fourth-order valence-corrected chi connectivity index (χ4v) is 2.87. The second-order valence-corrected chi connectivity index (χ2v) is 5.57. The number of nitrogens with zero attached hydrogens (tertiary/aromatic N) is 1. The Bertz CT molecular complexity index is 314. The molecule has 1 heteroatoms. The van der Waals surface area contributed by atoms with E-state index in [2.05, 4.69) is 56.6 Å². The van der Waals surface area contributed by atoms with E-state index in [9.17, 15) is 0 Å². The maximum absolute atomic E-state index is 4.00. The van der Waals surface area contributed by atoms with Gasteiger partial charge in [0.1, 0.15) is 0 Å². The van der Waals surface area contributed by atoms with Crippen molar-refractivity contribution in [1.29, 1.82) is 0 Å². The molecule has 0 N–H and O–H groups in total. The Balaban J connectivity index is 2.53. The summed E-state index contributed by atoms with van der Waals surface area (Å²) >= 11 is 0. The molecule has 0 aliphatic carbocycles. The standard InChI is InChI=1S/C18H31N/c1-5-8-9-10-11-13-17-14-15-19(16(17)4)18(7-3)12-6-2/h7,10-11,13,16,18H,3,5-6,8-9,12,14-15H2,1-2,4H3/b11-10+,17-13-. The number of hydrogen-bond acceptors (Lipinski definition) is 1. The molecule has 0 spiro atoms. The van der Waals surface area contributed by atoms with Crippen molar-refractivity contribution in [1.82, 2.24) is 4.90 Å². The van der Waals surface area contributed by atoms with E-state index in [4.69, 9.17) is 0 Å². The third kappa shape index (κ3) is 4.99. The first kappa shape index (κ1) is 16.2. The molecule has 1 rings (SSSR count). The minimum Gasteiger partial charge on any atom is -0.290 e. The molecule has 108 valence electrons. The van der Waals surface area contributed by atoms with Crippen molar-refractivity contribution in [3.8, 4) is 0 Å². The van der Waals surface area contributed by atoms with Gasteiger partial charge in [-0.3, -0.25) is 4.90 Å². The second kappa shape index (κ2) is 9.14. The van der Waals surface area contributed by atoms with Gasteiger partial charge in [0.2, 0.25) is 0 Å². The number of likely N-dealkylation sites (tertiary alicyclic amines) is 1. The van der Waals surface area contributed by atoms with Gasteiger partial charge in [0.25, 0.3) is 0 Å². The van der Waals surface area contributed by atoms with Crippen molar-refractivity contribution in [2.24, 2.45) is 0 Å². The van der Waals surface area contributed by atoms with Gasteiger partial charge in [-0.25, -0.2) is 0 Å². The molecule has 1 heterocycles. The van der Waals surface area contributed by atoms with Crippen LogP contribution in [0.1, 0.15) is 59.3 Å². The van der Waals surface area contributed by atoms with Gasteiger partial charge in [0.05, 0.1) is 0 Å². The second-order valence-electron chi connectivity index (χ2n) is 5.57. The molecule has 19 heavy (non-hydrogen) atoms. The van der Waals surface area contributed by atoms with Crippen LogP contribution in [0.2, 0.25) is 0 Å². The molecular formula is C18H31N. The average Bonchev–Trinajstić information content (AvgIpc) is 2.77. The van der Waals surface area contributed by atoms with Crippen molar-refractivity contribution in [3.63, 3.8) is 0 Å². The van der Waals surface area contributed by atoms with Crippen LogP contribution >= 0.6 is 0 Å². The minimum atomic E-state index is 0.551. The number of unbranched alkanes of at least 4 members (excludes halogenated alkanes) is 2. The molecule has 1 aliphatic rings. The Labute approximate surface area is 120 Å². The molecule has 1 nitrogen and oxygen atoms in total. The maximum atomic E-state index is 4.00. The monoisotopic (exact) mass is 261 g/mol. The Morgan fingerprint density at radius 2 is 2.16 bits per heavy atom. The smallest absolute Gasteiger partial charge is 0.0288 e. The predicted octanol–water partition coefficient (Wildman–Crippen LogP) is 5.11. The van der Waals surface area contributed by atoms with Gasteiger partial charge < -0.3 is 0 Å². The molecule has 0 radical (unpaired) electrons. The molecule has 0 aromatic heterocycles. The van der Waals surface area contributed by atoms with Crippen molar-refractivity contribution < 1.29 is 0 Å². The zero-order valence-corrected chi connectivity index (χ0v) is 13.1. The molecule has 1 fully saturated rings. The van der Waals surface area contributed by atoms with Crippen LogP contribution in [-0.2, 0) is 0 Å². The van der Waals surface area contributed by atoms with Gasteiger partial charge >= 0.3 is 0 Å². The summed E-state index contributed by atoms with van der Waals surface area (Å²) in [4.78, 5) is 2.60. The molecule has 2 unspecified atom stereocenters. The third-order valence-electron chi connectivity index (χ3n) is 4.15. The first-order valence-electron chi connectivity index (χ1n) is 7.98. The van der Waals surface area contributed by atoms with E-state index >= 15 is 0 Å². The zero-order valence-electron chi connectivity index (χ0n) is 13.1. The van der Waals surface area contributed by atoms with Crippen molar-refractivity contribution >= 4 is 0 Å². The summed E-state index contributed by atoms with van der Waals surface area (Å²) in [6.45, 7) is 12.0. The molecule has 1 saturated heterocycles. The first-order valence-corrected chi connectivity index (χ1v) is 7.98. The topological polar surface area (TPSA) is 3.24 Å². The van der Waals surface area contributed by atoms with Crippen molar-refractivity contribution in [2.75, 3.05) is 6.54 Å². The minimum absolute atomic E-state index is 0.551. The van der Waals surface area contributed by atoms with Gasteiger partial charge in [0.15, 0.2) is 0 Å². The molecule has 0 amide bonds. The molecule has 2 atom stereocenters. The summed E-state index contributed by atoms with van der Waals surface area (Å²) in [5.74, 6) is 0. The van der Waals surface area contributed by atoms with Crippen LogP contribution in [0.15, 0.2) is 36.5 Å². The lowest BCUT2D eigenvalue weighted by molar-refractivity contribution is 0.224. The number of hydrogen-bond donors (Lipinski definition) is 0. The summed E-state index contributed by atoms with van der Waals surface area (Å²) in [6, 6.07) is 1.13. The van der Waals surface area contributed by atoms with Crippen LogP contribution in [0.4, 0.5) is 0 Å². The van der Waals surface area contributed by atoms with Gasteiger partial charge in [-0.1, -0.05) is 63.0 Å². The SMILES string of the molecule is C=CC(CCC)N1CC/C(=C/C=C/CCCC)C1C. The Morgan fingerprint density at radius 1 is 1.37 bits per heavy atom. The quantitative estimate of drug-likeness (QED) is 0.433. The van der Waals surface area contributed by atoms with Crippen LogP contribution in [0, 0.1) is 0 Å². The summed E-state index contributed by atoms with van der Waals surface area (Å²) in [5.41, 5.74) is 1.58. The summed E-state index contributed by atoms with van der Waals surface area (Å²) in [7, 11) is 0. The van der Waals surface area contributed by atoms with E-state index < -0.39 is 0 Å². The molecule has 1 aliphatic heterocycles. The maximum Gasteiger partial charge on any atom is 0.0288 e. The van der Waals surface area contributed by atoms with E-state index in [0.29, 0.717) is 12.1 Å². The fraction of sp³-hybridized carbons (Fsp3) is 0.667. The Kier molecular flexibility index (Phi) is 7.81. The molecule has 0 aromatic rings. The fourth-order valence-electron chi connectivity index (χ4n) is 2.87. The highest BCUT2D eigenvalue weighted by Gasteiger charge is 2.28. The highest BCUT2D eigenvalue weighted by atomic mass is 15.2. The largest absolute Gasteiger partial charge is 0.290 e. The zero-order chi connectivity index (χ0) is 14.1. The van der Waals surface area contributed by atoms with E-state index in [1.54, 1.807) is 5.57 Å². The molecular weight excluding hydrogens is 230 g/mol. The molecule has 0 aromatic carbocycles. The molecule has 0 bridgehead atoms. The molecule has 0 saturated carbocycles. The van der Waals surface area contributed by atoms with E-state index in [-0.39, 0.29) is 0 Å². The summed E-state index contributed by atoms with van der Waals surface area (Å²) in [6.07, 6.45) is 16.5. The van der Waals surface area contributed by atoms with E-state index in [1.807, 2.05) is 0 Å². The van der Waals surface area contributed by atoms with Crippen LogP contribution in [0.5, 0.6) is 0 Å². The van der Waals surface area contributed by atoms with Crippen LogP contribution < -0.4 is 0 Å². The number of rotatable bonds is 8. The highest BCUT2D eigenvalue weighted by Crippen LogP contribution is 2.27. The summed E-state index contributed by atoms with van der Waals surface area (Å²) in [5, 5.41) is 0. The van der Waals surface area contributed by atoms with E-state index in [1.165, 1.54) is 45.1 Å². The van der Waals surface area contributed by atoms with Gasteiger partial charge in [-0.2, -0.15) is 0 Å². The lowest BCUT2D eigenvalue weighted by atomic mass is 10.1. The predicted molar refractivity (Wildman–Crippen MR) is 86.4 cm³/mol. The van der Waals surface area contributed by atoms with Crippen LogP contribution in [-0.4, -0.2) is 23.5 Å². The third-order valence-corrected chi connectivity index (χ3v) is 4.15. The van der Waals surface area contributed by atoms with Gasteiger partial charge in [-0.05, 0) is 26.2 Å². The highest BCUT2D eigenvalue weighted by molar-refractivity contribution is 5.22. The van der Waals surface area contributed by atoms with Gasteiger partial charge in [-0.15, -0.1) is 6.58 Å². The summed E-state index contributed by atoms with van der Waals surface area (Å²) < 4.78 is 0. The Hall–Kier alpha value is -0.820.